The molecular formula is C12H7NOS3. The molecule has 0 saturated heterocycles. The second kappa shape index (κ2) is 4.60. The molecule has 2 nitrogen and oxygen atoms in total. The number of hydrogen-bond donors (Lipinski definition) is 0. The van der Waals surface area contributed by atoms with Crippen LogP contribution in [0.4, 0.5) is 0 Å². The Morgan fingerprint density at radius 1 is 1.18 bits per heavy atom. The molecule has 2 heterocycles. The number of para-hydroxylation sites is 1. The van der Waals surface area contributed by atoms with Gasteiger partial charge in [-0.15, -0.1) is 22.7 Å². The van der Waals surface area contributed by atoms with Crippen LogP contribution in [0.1, 0.15) is 9.67 Å². The van der Waals surface area contributed by atoms with Crippen LogP contribution < -0.4 is 0 Å². The molecule has 0 radical (unpaired) electrons. The zero-order valence-corrected chi connectivity index (χ0v) is 11.1. The van der Waals surface area contributed by atoms with Crippen LogP contribution in [0.5, 0.6) is 0 Å². The molecule has 84 valence electrons. The van der Waals surface area contributed by atoms with Gasteiger partial charge in [0.25, 0.3) is 0 Å². The molecule has 0 spiro atoms. The first kappa shape index (κ1) is 11.0. The van der Waals surface area contributed by atoms with Gasteiger partial charge in [-0.2, -0.15) is 0 Å². The van der Waals surface area contributed by atoms with Crippen LogP contribution in [-0.2, 0) is 0 Å². The summed E-state index contributed by atoms with van der Waals surface area (Å²) in [6.45, 7) is 0. The van der Waals surface area contributed by atoms with Crippen LogP contribution in [-0.4, -0.2) is 10.1 Å². The smallest absolute Gasteiger partial charge is 0.236 e. The topological polar surface area (TPSA) is 30.0 Å². The molecule has 0 saturated carbocycles. The van der Waals surface area contributed by atoms with Gasteiger partial charge >= 0.3 is 0 Å². The molecule has 17 heavy (non-hydrogen) atoms. The number of thiazole rings is 1. The summed E-state index contributed by atoms with van der Waals surface area (Å²) in [6.07, 6.45) is 0. The molecule has 0 atom stereocenters. The Labute approximate surface area is 110 Å². The van der Waals surface area contributed by atoms with Crippen molar-refractivity contribution in [2.45, 2.75) is 4.34 Å². The van der Waals surface area contributed by atoms with E-state index >= 15 is 0 Å². The maximum atomic E-state index is 11.9. The zero-order chi connectivity index (χ0) is 11.7. The van der Waals surface area contributed by atoms with E-state index in [1.807, 2.05) is 41.8 Å². The van der Waals surface area contributed by atoms with Crippen molar-refractivity contribution in [2.75, 3.05) is 0 Å². The Bertz CT molecular complexity index is 624. The average molecular weight is 277 g/mol. The van der Waals surface area contributed by atoms with E-state index in [0.29, 0.717) is 0 Å². The lowest BCUT2D eigenvalue weighted by atomic mass is 10.3. The van der Waals surface area contributed by atoms with Gasteiger partial charge in [0.05, 0.1) is 15.1 Å². The van der Waals surface area contributed by atoms with Crippen molar-refractivity contribution >= 4 is 49.8 Å². The minimum Gasteiger partial charge on any atom is -0.280 e. The van der Waals surface area contributed by atoms with Crippen molar-refractivity contribution in [3.8, 4) is 0 Å². The van der Waals surface area contributed by atoms with Gasteiger partial charge in [-0.05, 0) is 35.3 Å². The number of fused-ring (bicyclic) bond motifs is 1. The van der Waals surface area contributed by atoms with Crippen LogP contribution in [0.25, 0.3) is 10.2 Å². The molecule has 0 aliphatic rings. The van der Waals surface area contributed by atoms with Gasteiger partial charge in [-0.1, -0.05) is 18.2 Å². The third-order valence-corrected chi connectivity index (χ3v) is 5.18. The molecule has 0 aliphatic carbocycles. The summed E-state index contributed by atoms with van der Waals surface area (Å²) < 4.78 is 1.93. The number of nitrogens with zero attached hydrogens (tertiary/aromatic N) is 1. The highest BCUT2D eigenvalue weighted by Gasteiger charge is 2.12. The van der Waals surface area contributed by atoms with Crippen LogP contribution in [0.15, 0.2) is 46.1 Å². The van der Waals surface area contributed by atoms with Crippen molar-refractivity contribution < 1.29 is 4.79 Å². The van der Waals surface area contributed by atoms with Crippen molar-refractivity contribution in [1.29, 1.82) is 0 Å². The molecule has 3 rings (SSSR count). The first-order chi connectivity index (χ1) is 8.33. The minimum atomic E-state index is 0.0686. The number of thiophene rings is 1. The predicted molar refractivity (Wildman–Crippen MR) is 74.1 cm³/mol. The molecule has 0 N–H and O–H groups in total. The summed E-state index contributed by atoms with van der Waals surface area (Å²) in [5, 5.41) is 1.98. The van der Waals surface area contributed by atoms with Crippen LogP contribution in [0, 0.1) is 0 Å². The Kier molecular flexibility index (Phi) is 2.96. The summed E-state index contributed by atoms with van der Waals surface area (Å²) in [6, 6.07) is 11.6. The minimum absolute atomic E-state index is 0.0686. The number of rotatable bonds is 2. The number of thioether (sulfide) groups is 1. The second-order valence-corrected chi connectivity index (χ2v) is 6.51. The van der Waals surface area contributed by atoms with E-state index in [0.717, 1.165) is 19.4 Å². The van der Waals surface area contributed by atoms with E-state index in [2.05, 4.69) is 4.98 Å². The van der Waals surface area contributed by atoms with Gasteiger partial charge in [0.1, 0.15) is 0 Å². The lowest BCUT2D eigenvalue weighted by molar-refractivity contribution is 0.109. The fourth-order valence-electron chi connectivity index (χ4n) is 1.42. The number of benzene rings is 1. The third-order valence-electron chi connectivity index (χ3n) is 2.18. The fraction of sp³-hybridized carbons (Fsp3) is 0. The van der Waals surface area contributed by atoms with E-state index < -0.39 is 0 Å². The number of aromatic nitrogens is 1. The Balaban J connectivity index is 1.88. The number of carbonyl (C=O) groups is 1. The summed E-state index contributed by atoms with van der Waals surface area (Å²) in [4.78, 5) is 17.1. The van der Waals surface area contributed by atoms with Crippen molar-refractivity contribution in [3.05, 3.63) is 46.7 Å². The highest BCUT2D eigenvalue weighted by molar-refractivity contribution is 8.15. The molecular weight excluding hydrogens is 270 g/mol. The second-order valence-electron chi connectivity index (χ2n) is 3.31. The normalized spacial score (nSPS) is 10.8. The molecule has 0 amide bonds. The molecule has 0 unspecified atom stereocenters. The Morgan fingerprint density at radius 2 is 2.06 bits per heavy atom. The van der Waals surface area contributed by atoms with Gasteiger partial charge in [0.2, 0.25) is 5.12 Å². The van der Waals surface area contributed by atoms with E-state index in [1.54, 1.807) is 11.3 Å². The Morgan fingerprint density at radius 3 is 2.82 bits per heavy atom. The average Bonchev–Trinajstić information content (AvgIpc) is 2.97. The Hall–Kier alpha value is -1.17. The largest absolute Gasteiger partial charge is 0.280 e. The van der Waals surface area contributed by atoms with Crippen LogP contribution in [0.2, 0.25) is 0 Å². The summed E-state index contributed by atoms with van der Waals surface area (Å²) in [5.74, 6) is 0. The van der Waals surface area contributed by atoms with E-state index in [1.165, 1.54) is 23.1 Å². The summed E-state index contributed by atoms with van der Waals surface area (Å²) in [5.41, 5.74) is 0.957. The molecule has 5 heteroatoms. The van der Waals surface area contributed by atoms with Gasteiger partial charge in [-0.3, -0.25) is 4.79 Å². The number of carbonyl (C=O) groups excluding carboxylic acids is 1. The quantitative estimate of drug-likeness (QED) is 0.654. The number of hydrogen-bond acceptors (Lipinski definition) is 5. The molecule has 0 bridgehead atoms. The molecule has 2 aromatic heterocycles. The van der Waals surface area contributed by atoms with Crippen LogP contribution >= 0.6 is 34.4 Å². The maximum absolute atomic E-state index is 11.9. The van der Waals surface area contributed by atoms with Crippen molar-refractivity contribution in [3.63, 3.8) is 0 Å². The zero-order valence-electron chi connectivity index (χ0n) is 8.62. The SMILES string of the molecule is O=C(Sc1nc2ccccc2s1)c1cccs1. The lowest BCUT2D eigenvalue weighted by Crippen LogP contribution is -1.87. The fourth-order valence-corrected chi connectivity index (χ4v) is 4.08. The predicted octanol–water partition coefficient (Wildman–Crippen LogP) is 4.29. The van der Waals surface area contributed by atoms with Gasteiger partial charge in [0.15, 0.2) is 4.34 Å². The highest BCUT2D eigenvalue weighted by atomic mass is 32.2. The van der Waals surface area contributed by atoms with Crippen LogP contribution in [0.3, 0.4) is 0 Å². The summed E-state index contributed by atoms with van der Waals surface area (Å²) in [7, 11) is 0. The maximum Gasteiger partial charge on any atom is 0.236 e. The van der Waals surface area contributed by atoms with Gasteiger partial charge < -0.3 is 0 Å². The molecule has 3 aromatic rings. The van der Waals surface area contributed by atoms with Crippen molar-refractivity contribution in [2.24, 2.45) is 0 Å². The lowest BCUT2D eigenvalue weighted by Gasteiger charge is -1.91. The first-order valence-electron chi connectivity index (χ1n) is 4.94. The monoisotopic (exact) mass is 277 g/mol. The molecule has 1 aromatic carbocycles. The highest BCUT2D eigenvalue weighted by Crippen LogP contribution is 2.32. The first-order valence-corrected chi connectivity index (χ1v) is 7.45. The third kappa shape index (κ3) is 2.26. The van der Waals surface area contributed by atoms with Gasteiger partial charge in [0, 0.05) is 0 Å². The van der Waals surface area contributed by atoms with Gasteiger partial charge in [-0.25, -0.2) is 4.98 Å². The molecule has 0 aliphatic heterocycles. The summed E-state index contributed by atoms with van der Waals surface area (Å²) >= 11 is 4.23. The van der Waals surface area contributed by atoms with E-state index in [9.17, 15) is 4.79 Å². The standard InChI is InChI=1S/C12H7NOS3/c14-11(10-6-3-7-15-10)17-12-13-8-4-1-2-5-9(8)16-12/h1-7H. The van der Waals surface area contributed by atoms with E-state index in [-0.39, 0.29) is 5.12 Å². The molecule has 0 fully saturated rings. The van der Waals surface area contributed by atoms with Crippen molar-refractivity contribution in [1.82, 2.24) is 4.98 Å². The van der Waals surface area contributed by atoms with E-state index in [4.69, 9.17) is 0 Å².